The molecule has 2 aliphatic rings. The fraction of sp³-hybridized carbons (Fsp3) is 0.643. The maximum absolute atomic E-state index is 7.50. The van der Waals surface area contributed by atoms with Crippen LogP contribution in [0.15, 0.2) is 12.3 Å². The molecule has 0 radical (unpaired) electrons. The van der Waals surface area contributed by atoms with Crippen molar-refractivity contribution in [1.82, 2.24) is 9.97 Å². The summed E-state index contributed by atoms with van der Waals surface area (Å²) >= 11 is 0. The van der Waals surface area contributed by atoms with Gasteiger partial charge in [-0.25, -0.2) is 9.97 Å². The number of piperidine rings is 1. The van der Waals surface area contributed by atoms with E-state index >= 15 is 0 Å². The first-order valence-electron chi connectivity index (χ1n) is 7.20. The molecule has 1 saturated carbocycles. The van der Waals surface area contributed by atoms with Gasteiger partial charge in [-0.15, -0.1) is 0 Å². The molecule has 2 atom stereocenters. The molecule has 1 aromatic heterocycles. The molecule has 19 heavy (non-hydrogen) atoms. The maximum Gasteiger partial charge on any atom is 0.226 e. The zero-order chi connectivity index (χ0) is 13.2. The van der Waals surface area contributed by atoms with Gasteiger partial charge >= 0.3 is 0 Å². The van der Waals surface area contributed by atoms with E-state index in [0.29, 0.717) is 11.7 Å². The van der Waals surface area contributed by atoms with Crippen molar-refractivity contribution in [3.05, 3.63) is 18.0 Å². The third-order valence-corrected chi connectivity index (χ3v) is 4.42. The van der Waals surface area contributed by atoms with Crippen molar-refractivity contribution in [2.75, 3.05) is 11.4 Å². The fourth-order valence-corrected chi connectivity index (χ4v) is 3.51. The third kappa shape index (κ3) is 2.41. The molecule has 3 N–H and O–H groups in total. The number of hydrogen-bond acceptors (Lipinski definition) is 4. The molecular formula is C14H21N5. The smallest absolute Gasteiger partial charge is 0.226 e. The lowest BCUT2D eigenvalue weighted by atomic mass is 9.78. The normalized spacial score (nSPS) is 26.8. The van der Waals surface area contributed by atoms with Crippen LogP contribution in [0.4, 0.5) is 5.95 Å². The zero-order valence-corrected chi connectivity index (χ0v) is 11.2. The number of rotatable bonds is 2. The van der Waals surface area contributed by atoms with Gasteiger partial charge in [-0.05, 0) is 37.7 Å². The average molecular weight is 259 g/mol. The molecule has 2 heterocycles. The lowest BCUT2D eigenvalue weighted by Gasteiger charge is -2.44. The van der Waals surface area contributed by atoms with Gasteiger partial charge in [-0.2, -0.15) is 0 Å². The van der Waals surface area contributed by atoms with E-state index in [9.17, 15) is 0 Å². The first kappa shape index (κ1) is 12.4. The summed E-state index contributed by atoms with van der Waals surface area (Å²) in [4.78, 5) is 11.2. The monoisotopic (exact) mass is 259 g/mol. The van der Waals surface area contributed by atoms with E-state index in [2.05, 4.69) is 14.9 Å². The molecule has 5 nitrogen and oxygen atoms in total. The van der Waals surface area contributed by atoms with Crippen molar-refractivity contribution in [2.24, 2.45) is 11.7 Å². The van der Waals surface area contributed by atoms with E-state index in [1.54, 1.807) is 12.3 Å². The Kier molecular flexibility index (Phi) is 3.36. The highest BCUT2D eigenvalue weighted by Gasteiger charge is 2.34. The van der Waals surface area contributed by atoms with Crippen LogP contribution in [0.2, 0.25) is 0 Å². The molecule has 5 heteroatoms. The largest absolute Gasteiger partial charge is 0.382 e. The summed E-state index contributed by atoms with van der Waals surface area (Å²) in [6.45, 7) is 1.03. The fourth-order valence-electron chi connectivity index (χ4n) is 3.51. The van der Waals surface area contributed by atoms with Crippen molar-refractivity contribution in [3.8, 4) is 0 Å². The van der Waals surface area contributed by atoms with E-state index in [-0.39, 0.29) is 5.84 Å². The average Bonchev–Trinajstić information content (AvgIpc) is 2.47. The number of aromatic nitrogens is 2. The number of hydrogen-bond donors (Lipinski definition) is 2. The predicted octanol–water partition coefficient (Wildman–Crippen LogP) is 1.92. The quantitative estimate of drug-likeness (QED) is 0.628. The van der Waals surface area contributed by atoms with E-state index in [1.807, 2.05) is 0 Å². The Hall–Kier alpha value is -1.65. The molecule has 3 rings (SSSR count). The lowest BCUT2D eigenvalue weighted by Crippen LogP contribution is -2.47. The molecule has 102 valence electrons. The Morgan fingerprint density at radius 3 is 2.89 bits per heavy atom. The summed E-state index contributed by atoms with van der Waals surface area (Å²) in [5, 5.41) is 7.50. The predicted molar refractivity (Wildman–Crippen MR) is 75.4 cm³/mol. The molecule has 1 aliphatic carbocycles. The Bertz CT molecular complexity index is 471. The molecule has 0 aromatic carbocycles. The van der Waals surface area contributed by atoms with Gasteiger partial charge in [0.15, 0.2) is 0 Å². The van der Waals surface area contributed by atoms with E-state index in [0.717, 1.165) is 18.4 Å². The molecule has 1 aromatic rings. The van der Waals surface area contributed by atoms with Crippen molar-refractivity contribution in [2.45, 2.75) is 44.6 Å². The molecule has 1 aliphatic heterocycles. The minimum absolute atomic E-state index is 0.0147. The summed E-state index contributed by atoms with van der Waals surface area (Å²) < 4.78 is 0. The number of nitrogens with two attached hydrogens (primary N) is 1. The van der Waals surface area contributed by atoms with Crippen LogP contribution in [0.1, 0.15) is 44.2 Å². The summed E-state index contributed by atoms with van der Waals surface area (Å²) in [6, 6.07) is 2.29. The highest BCUT2D eigenvalue weighted by atomic mass is 15.3. The van der Waals surface area contributed by atoms with Crippen LogP contribution in [-0.2, 0) is 0 Å². The second-order valence-corrected chi connectivity index (χ2v) is 5.60. The van der Waals surface area contributed by atoms with E-state index < -0.39 is 0 Å². The topological polar surface area (TPSA) is 78.9 Å². The SMILES string of the molecule is N=C(N)c1ccnc(N2CCCC3CCCCC32)n1. The number of fused-ring (bicyclic) bond motifs is 1. The number of anilines is 1. The first-order valence-corrected chi connectivity index (χ1v) is 7.20. The molecule has 1 saturated heterocycles. The van der Waals surface area contributed by atoms with Gasteiger partial charge in [0, 0.05) is 18.8 Å². The molecule has 2 fully saturated rings. The van der Waals surface area contributed by atoms with Crippen LogP contribution in [0.3, 0.4) is 0 Å². The standard InChI is InChI=1S/C14H21N5/c15-13(16)11-7-8-17-14(18-11)19-9-3-5-10-4-1-2-6-12(10)19/h7-8,10,12H,1-6,9H2,(H3,15,16). The molecule has 0 bridgehead atoms. The van der Waals surface area contributed by atoms with Crippen molar-refractivity contribution in [3.63, 3.8) is 0 Å². The summed E-state index contributed by atoms with van der Waals surface area (Å²) in [6.07, 6.45) is 9.53. The van der Waals surface area contributed by atoms with Gasteiger partial charge in [0.2, 0.25) is 5.95 Å². The van der Waals surface area contributed by atoms with Crippen LogP contribution in [0, 0.1) is 11.3 Å². The number of nitrogen functional groups attached to an aromatic ring is 1. The highest BCUT2D eigenvalue weighted by Crippen LogP contribution is 2.36. The van der Waals surface area contributed by atoms with Gasteiger partial charge in [0.25, 0.3) is 0 Å². The molecule has 0 amide bonds. The lowest BCUT2D eigenvalue weighted by molar-refractivity contribution is 0.241. The highest BCUT2D eigenvalue weighted by molar-refractivity contribution is 5.93. The van der Waals surface area contributed by atoms with Gasteiger partial charge in [0.05, 0.1) is 0 Å². The maximum atomic E-state index is 7.50. The number of nitrogens with one attached hydrogen (secondary N) is 1. The summed E-state index contributed by atoms with van der Waals surface area (Å²) in [5.74, 6) is 1.57. The van der Waals surface area contributed by atoms with Gasteiger partial charge in [-0.3, -0.25) is 5.41 Å². The van der Waals surface area contributed by atoms with Gasteiger partial charge in [0.1, 0.15) is 11.5 Å². The van der Waals surface area contributed by atoms with Crippen LogP contribution < -0.4 is 10.6 Å². The van der Waals surface area contributed by atoms with Crippen LogP contribution in [0.25, 0.3) is 0 Å². The molecule has 0 spiro atoms. The van der Waals surface area contributed by atoms with Crippen LogP contribution in [-0.4, -0.2) is 28.4 Å². The first-order chi connectivity index (χ1) is 9.25. The summed E-state index contributed by atoms with van der Waals surface area (Å²) in [7, 11) is 0. The van der Waals surface area contributed by atoms with Gasteiger partial charge < -0.3 is 10.6 Å². The Labute approximate surface area is 113 Å². The third-order valence-electron chi connectivity index (χ3n) is 4.42. The molecule has 2 unspecified atom stereocenters. The minimum Gasteiger partial charge on any atom is -0.382 e. The van der Waals surface area contributed by atoms with Gasteiger partial charge in [-0.1, -0.05) is 12.8 Å². The Balaban J connectivity index is 1.87. The van der Waals surface area contributed by atoms with Crippen LogP contribution >= 0.6 is 0 Å². The summed E-state index contributed by atoms with van der Waals surface area (Å²) in [5.41, 5.74) is 6.05. The van der Waals surface area contributed by atoms with E-state index in [1.165, 1.54) is 38.5 Å². The second-order valence-electron chi connectivity index (χ2n) is 5.60. The van der Waals surface area contributed by atoms with Crippen molar-refractivity contribution in [1.29, 1.82) is 5.41 Å². The zero-order valence-electron chi connectivity index (χ0n) is 11.2. The Morgan fingerprint density at radius 1 is 1.26 bits per heavy atom. The number of nitrogens with zero attached hydrogens (tertiary/aromatic N) is 3. The van der Waals surface area contributed by atoms with E-state index in [4.69, 9.17) is 11.1 Å². The Morgan fingerprint density at radius 2 is 2.05 bits per heavy atom. The second kappa shape index (κ2) is 5.15. The molecular weight excluding hydrogens is 238 g/mol. The van der Waals surface area contributed by atoms with Crippen molar-refractivity contribution >= 4 is 11.8 Å². The van der Waals surface area contributed by atoms with Crippen LogP contribution in [0.5, 0.6) is 0 Å². The number of amidine groups is 1. The van der Waals surface area contributed by atoms with Crippen molar-refractivity contribution < 1.29 is 0 Å². The minimum atomic E-state index is 0.0147.